The van der Waals surface area contributed by atoms with Gasteiger partial charge in [0.15, 0.2) is 0 Å². The summed E-state index contributed by atoms with van der Waals surface area (Å²) in [5.74, 6) is 0. The Kier molecular flexibility index (Phi) is 3.40. The average Bonchev–Trinajstić information content (AvgIpc) is 2.48. The molecule has 5 heteroatoms. The van der Waals surface area contributed by atoms with Gasteiger partial charge in [-0.2, -0.15) is 0 Å². The molecule has 0 aliphatic rings. The molecule has 0 radical (unpaired) electrons. The van der Waals surface area contributed by atoms with Crippen molar-refractivity contribution in [1.82, 2.24) is 4.57 Å². The number of para-hydroxylation sites is 1. The lowest BCUT2D eigenvalue weighted by Gasteiger charge is -2.12. The molecule has 21 heavy (non-hydrogen) atoms. The molecule has 0 aliphatic heterocycles. The summed E-state index contributed by atoms with van der Waals surface area (Å²) >= 11 is 12.5. The number of aromatic nitrogens is 1. The van der Waals surface area contributed by atoms with Crippen molar-refractivity contribution >= 4 is 39.8 Å². The first kappa shape index (κ1) is 14.0. The molecule has 2 aromatic carbocycles. The van der Waals surface area contributed by atoms with Crippen LogP contribution in [-0.2, 0) is 7.05 Å². The number of hydrogen-bond donors (Lipinski definition) is 1. The van der Waals surface area contributed by atoms with Crippen molar-refractivity contribution in [2.24, 2.45) is 7.05 Å². The highest BCUT2D eigenvalue weighted by Gasteiger charge is 2.16. The van der Waals surface area contributed by atoms with Crippen LogP contribution in [0, 0.1) is 0 Å². The second-order valence-electron chi connectivity index (χ2n) is 4.81. The van der Waals surface area contributed by atoms with Crippen molar-refractivity contribution in [3.8, 4) is 11.1 Å². The zero-order valence-electron chi connectivity index (χ0n) is 11.2. The van der Waals surface area contributed by atoms with Gasteiger partial charge >= 0.3 is 0 Å². The van der Waals surface area contributed by atoms with Gasteiger partial charge in [0.1, 0.15) is 0 Å². The second-order valence-corrected chi connectivity index (χ2v) is 5.59. The Morgan fingerprint density at radius 1 is 1.10 bits per heavy atom. The largest absolute Gasteiger partial charge is 0.398 e. The normalized spacial score (nSPS) is 11.0. The number of benzene rings is 2. The quantitative estimate of drug-likeness (QED) is 0.687. The fourth-order valence-electron chi connectivity index (χ4n) is 2.42. The number of nitrogen functional groups attached to an aromatic ring is 1. The summed E-state index contributed by atoms with van der Waals surface area (Å²) in [6, 6.07) is 12.7. The molecule has 0 spiro atoms. The van der Waals surface area contributed by atoms with E-state index in [1.165, 1.54) is 0 Å². The minimum Gasteiger partial charge on any atom is -0.398 e. The van der Waals surface area contributed by atoms with Crippen molar-refractivity contribution < 1.29 is 0 Å². The third-order valence-electron chi connectivity index (χ3n) is 3.52. The van der Waals surface area contributed by atoms with Gasteiger partial charge in [-0.25, -0.2) is 0 Å². The lowest BCUT2D eigenvalue weighted by molar-refractivity contribution is 0.909. The molecule has 0 unspecified atom stereocenters. The molecular weight excluding hydrogens is 307 g/mol. The minimum atomic E-state index is -0.164. The van der Waals surface area contributed by atoms with Crippen molar-refractivity contribution in [2.75, 3.05) is 5.73 Å². The van der Waals surface area contributed by atoms with E-state index in [2.05, 4.69) is 0 Å². The number of aryl methyl sites for hydroxylation is 1. The number of hydrogen-bond acceptors (Lipinski definition) is 2. The van der Waals surface area contributed by atoms with E-state index in [1.54, 1.807) is 29.8 Å². The first-order valence-corrected chi connectivity index (χ1v) is 7.09. The predicted octanol–water partition coefficient (Wildman–Crippen LogP) is 4.09. The molecule has 106 valence electrons. The molecule has 0 bridgehead atoms. The smallest absolute Gasteiger partial charge is 0.258 e. The van der Waals surface area contributed by atoms with E-state index in [4.69, 9.17) is 28.9 Å². The monoisotopic (exact) mass is 318 g/mol. The molecule has 0 saturated heterocycles. The summed E-state index contributed by atoms with van der Waals surface area (Å²) in [6.07, 6.45) is 0. The third-order valence-corrected chi connectivity index (χ3v) is 4.25. The van der Waals surface area contributed by atoms with Gasteiger partial charge in [0.2, 0.25) is 0 Å². The van der Waals surface area contributed by atoms with Gasteiger partial charge in [0, 0.05) is 12.6 Å². The first-order valence-electron chi connectivity index (χ1n) is 6.33. The molecule has 0 saturated carbocycles. The molecule has 3 nitrogen and oxygen atoms in total. The summed E-state index contributed by atoms with van der Waals surface area (Å²) in [6.45, 7) is 0. The predicted molar refractivity (Wildman–Crippen MR) is 89.1 cm³/mol. The average molecular weight is 319 g/mol. The Morgan fingerprint density at radius 2 is 1.81 bits per heavy atom. The zero-order chi connectivity index (χ0) is 15.1. The van der Waals surface area contributed by atoms with Gasteiger partial charge in [0.05, 0.1) is 26.8 Å². The van der Waals surface area contributed by atoms with Crippen LogP contribution in [-0.4, -0.2) is 4.57 Å². The molecule has 0 fully saturated rings. The lowest BCUT2D eigenvalue weighted by atomic mass is 10.0. The van der Waals surface area contributed by atoms with Gasteiger partial charge in [-0.1, -0.05) is 41.4 Å². The van der Waals surface area contributed by atoms with E-state index in [-0.39, 0.29) is 5.56 Å². The van der Waals surface area contributed by atoms with Crippen LogP contribution in [0.1, 0.15) is 0 Å². The van der Waals surface area contributed by atoms with Crippen molar-refractivity contribution in [1.29, 1.82) is 0 Å². The van der Waals surface area contributed by atoms with Crippen LogP contribution in [0.25, 0.3) is 22.0 Å². The van der Waals surface area contributed by atoms with Crippen molar-refractivity contribution in [2.45, 2.75) is 0 Å². The van der Waals surface area contributed by atoms with Crippen LogP contribution in [0.3, 0.4) is 0 Å². The Morgan fingerprint density at radius 3 is 2.57 bits per heavy atom. The maximum absolute atomic E-state index is 12.6. The summed E-state index contributed by atoms with van der Waals surface area (Å²) in [7, 11) is 1.72. The Labute approximate surface area is 131 Å². The number of anilines is 1. The summed E-state index contributed by atoms with van der Waals surface area (Å²) in [5.41, 5.74) is 7.83. The van der Waals surface area contributed by atoms with E-state index < -0.39 is 0 Å². The maximum atomic E-state index is 12.6. The Bertz CT molecular complexity index is 916. The molecule has 0 aliphatic carbocycles. The minimum absolute atomic E-state index is 0.164. The Hall–Kier alpha value is -1.97. The zero-order valence-corrected chi connectivity index (χ0v) is 12.7. The fraction of sp³-hybridized carbons (Fsp3) is 0.0625. The van der Waals surface area contributed by atoms with Crippen molar-refractivity contribution in [3.63, 3.8) is 0 Å². The highest BCUT2D eigenvalue weighted by Crippen LogP contribution is 2.37. The van der Waals surface area contributed by atoms with Gasteiger partial charge < -0.3 is 10.3 Å². The number of nitrogens with two attached hydrogens (primary N) is 1. The number of nitrogens with zero attached hydrogens (tertiary/aromatic N) is 1. The van der Waals surface area contributed by atoms with E-state index >= 15 is 0 Å². The maximum Gasteiger partial charge on any atom is 0.258 e. The van der Waals surface area contributed by atoms with Crippen LogP contribution in [0.2, 0.25) is 10.0 Å². The standard InChI is InChI=1S/C16H12Cl2N2O/c1-20-13-5-3-2-4-9(13)8-10(16(20)21)14-11(17)6-7-12(19)15(14)18/h2-8H,19H2,1H3. The van der Waals surface area contributed by atoms with Gasteiger partial charge in [-0.05, 0) is 29.7 Å². The first-order chi connectivity index (χ1) is 10.0. The molecule has 0 atom stereocenters. The molecule has 3 aromatic rings. The molecule has 1 heterocycles. The van der Waals surface area contributed by atoms with Crippen LogP contribution >= 0.6 is 23.2 Å². The molecule has 0 amide bonds. The van der Waals surface area contributed by atoms with Crippen LogP contribution in [0.15, 0.2) is 47.3 Å². The van der Waals surface area contributed by atoms with Gasteiger partial charge in [-0.3, -0.25) is 4.79 Å². The second kappa shape index (κ2) is 5.10. The van der Waals surface area contributed by atoms with Crippen LogP contribution in [0.5, 0.6) is 0 Å². The molecule has 3 rings (SSSR count). The van der Waals surface area contributed by atoms with E-state index in [0.717, 1.165) is 10.9 Å². The molecular formula is C16H12Cl2N2O. The van der Waals surface area contributed by atoms with E-state index in [1.807, 2.05) is 24.3 Å². The van der Waals surface area contributed by atoms with Crippen LogP contribution in [0.4, 0.5) is 5.69 Å². The SMILES string of the molecule is Cn1c(=O)c(-c2c(Cl)ccc(N)c2Cl)cc2ccccc21. The van der Waals surface area contributed by atoms with E-state index in [0.29, 0.717) is 26.9 Å². The van der Waals surface area contributed by atoms with Gasteiger partial charge in [-0.15, -0.1) is 0 Å². The van der Waals surface area contributed by atoms with Crippen LogP contribution < -0.4 is 11.3 Å². The number of fused-ring (bicyclic) bond motifs is 1. The Balaban J connectivity index is 2.45. The third kappa shape index (κ3) is 2.19. The highest BCUT2D eigenvalue weighted by molar-refractivity contribution is 6.40. The fourth-order valence-corrected chi connectivity index (χ4v) is 2.99. The topological polar surface area (TPSA) is 48.0 Å². The van der Waals surface area contributed by atoms with Gasteiger partial charge in [0.25, 0.3) is 5.56 Å². The summed E-state index contributed by atoms with van der Waals surface area (Å²) in [5, 5.41) is 1.64. The number of halogens is 2. The number of pyridine rings is 1. The van der Waals surface area contributed by atoms with Crippen molar-refractivity contribution in [3.05, 3.63) is 62.9 Å². The van der Waals surface area contributed by atoms with E-state index in [9.17, 15) is 4.79 Å². The number of rotatable bonds is 1. The molecule has 1 aromatic heterocycles. The summed E-state index contributed by atoms with van der Waals surface area (Å²) < 4.78 is 1.58. The lowest BCUT2D eigenvalue weighted by Crippen LogP contribution is -2.19. The summed E-state index contributed by atoms with van der Waals surface area (Å²) in [4.78, 5) is 12.6. The molecule has 2 N–H and O–H groups in total. The highest BCUT2D eigenvalue weighted by atomic mass is 35.5.